The number of carbonyl (C=O) groups excluding carboxylic acids is 1. The average molecular weight is 460 g/mol. The van der Waals surface area contributed by atoms with Crippen LogP contribution in [0.1, 0.15) is 36.0 Å². The molecule has 2 aromatic heterocycles. The maximum atomic E-state index is 12.7. The van der Waals surface area contributed by atoms with Crippen LogP contribution in [0.4, 0.5) is 11.8 Å². The van der Waals surface area contributed by atoms with E-state index in [1.807, 2.05) is 60.8 Å². The standard InChI is InChI=1S/C26H29N5OS/c1-31(2)24-20-8-3-5-9-22(20)29-26(30-24)28-18-13-11-17(12-14-18)15-27-25(32)21-16-33-23-10-6-4-7-19(21)23/h3-10,16-18H,11-15H2,1-2H3,(H,27,32)(H,28,29,30). The Labute approximate surface area is 198 Å². The zero-order valence-electron chi connectivity index (χ0n) is 19.0. The molecule has 7 heteroatoms. The van der Waals surface area contributed by atoms with E-state index in [1.54, 1.807) is 11.3 Å². The predicted molar refractivity (Wildman–Crippen MR) is 137 cm³/mol. The van der Waals surface area contributed by atoms with Gasteiger partial charge in [0.2, 0.25) is 5.95 Å². The first-order valence-electron chi connectivity index (χ1n) is 11.5. The molecule has 2 aromatic carbocycles. The average Bonchev–Trinajstić information content (AvgIpc) is 3.27. The van der Waals surface area contributed by atoms with E-state index in [0.29, 0.717) is 17.9 Å². The second kappa shape index (κ2) is 9.35. The molecule has 1 amide bonds. The van der Waals surface area contributed by atoms with Crippen LogP contribution in [0.15, 0.2) is 53.9 Å². The highest BCUT2D eigenvalue weighted by molar-refractivity contribution is 7.17. The van der Waals surface area contributed by atoms with E-state index in [4.69, 9.17) is 9.97 Å². The lowest BCUT2D eigenvalue weighted by atomic mass is 9.86. The molecule has 0 spiro atoms. The molecule has 6 nitrogen and oxygen atoms in total. The molecule has 2 heterocycles. The molecule has 170 valence electrons. The van der Waals surface area contributed by atoms with Crippen LogP contribution in [0.25, 0.3) is 21.0 Å². The molecule has 5 rings (SSSR count). The van der Waals surface area contributed by atoms with Gasteiger partial charge in [0.1, 0.15) is 5.82 Å². The number of carbonyl (C=O) groups is 1. The Morgan fingerprint density at radius 1 is 1.00 bits per heavy atom. The van der Waals surface area contributed by atoms with Gasteiger partial charge in [0, 0.05) is 47.5 Å². The number of aromatic nitrogens is 2. The van der Waals surface area contributed by atoms with Gasteiger partial charge in [-0.2, -0.15) is 4.98 Å². The fourth-order valence-corrected chi connectivity index (χ4v) is 5.59. The lowest BCUT2D eigenvalue weighted by molar-refractivity contribution is 0.0945. The Bertz CT molecular complexity index is 1280. The van der Waals surface area contributed by atoms with E-state index in [9.17, 15) is 4.79 Å². The zero-order chi connectivity index (χ0) is 22.8. The summed E-state index contributed by atoms with van der Waals surface area (Å²) in [5.74, 6) is 2.17. The van der Waals surface area contributed by atoms with Gasteiger partial charge in [-0.25, -0.2) is 4.98 Å². The minimum Gasteiger partial charge on any atom is -0.362 e. The second-order valence-corrected chi connectivity index (χ2v) is 9.91. The third-order valence-electron chi connectivity index (χ3n) is 6.46. The smallest absolute Gasteiger partial charge is 0.252 e. The summed E-state index contributed by atoms with van der Waals surface area (Å²) in [4.78, 5) is 24.3. The Balaban J connectivity index is 1.17. The molecule has 2 N–H and O–H groups in total. The highest BCUT2D eigenvalue weighted by atomic mass is 32.1. The second-order valence-electron chi connectivity index (χ2n) is 9.00. The summed E-state index contributed by atoms with van der Waals surface area (Å²) >= 11 is 1.62. The molecule has 1 aliphatic carbocycles. The molecule has 1 fully saturated rings. The minimum absolute atomic E-state index is 0.0356. The van der Waals surface area contributed by atoms with E-state index < -0.39 is 0 Å². The van der Waals surface area contributed by atoms with Crippen LogP contribution in [0.2, 0.25) is 0 Å². The fraction of sp³-hybridized carbons (Fsp3) is 0.346. The van der Waals surface area contributed by atoms with Crippen molar-refractivity contribution in [3.8, 4) is 0 Å². The van der Waals surface area contributed by atoms with Gasteiger partial charge in [-0.05, 0) is 49.8 Å². The number of thiophene rings is 1. The first kappa shape index (κ1) is 21.6. The summed E-state index contributed by atoms with van der Waals surface area (Å²) in [6.45, 7) is 0.729. The normalized spacial score (nSPS) is 18.4. The molecule has 0 unspecified atom stereocenters. The van der Waals surface area contributed by atoms with Crippen LogP contribution in [-0.2, 0) is 0 Å². The summed E-state index contributed by atoms with van der Waals surface area (Å²) in [6, 6.07) is 16.6. The number of amides is 1. The maximum Gasteiger partial charge on any atom is 0.252 e. The van der Waals surface area contributed by atoms with Crippen molar-refractivity contribution in [3.63, 3.8) is 0 Å². The Hall–Kier alpha value is -3.19. The lowest BCUT2D eigenvalue weighted by Crippen LogP contribution is -2.34. The van der Waals surface area contributed by atoms with E-state index in [-0.39, 0.29) is 5.91 Å². The number of para-hydroxylation sites is 1. The number of fused-ring (bicyclic) bond motifs is 2. The number of hydrogen-bond donors (Lipinski definition) is 2. The predicted octanol–water partition coefficient (Wildman–Crippen LogP) is 5.31. The molecule has 0 saturated heterocycles. The first-order chi connectivity index (χ1) is 16.1. The van der Waals surface area contributed by atoms with Crippen molar-refractivity contribution < 1.29 is 4.79 Å². The highest BCUT2D eigenvalue weighted by Gasteiger charge is 2.23. The van der Waals surface area contributed by atoms with E-state index in [2.05, 4.69) is 22.8 Å². The topological polar surface area (TPSA) is 70.2 Å². The summed E-state index contributed by atoms with van der Waals surface area (Å²) in [5.41, 5.74) is 1.74. The van der Waals surface area contributed by atoms with Gasteiger partial charge in [-0.3, -0.25) is 4.79 Å². The van der Waals surface area contributed by atoms with E-state index in [0.717, 1.165) is 64.6 Å². The maximum absolute atomic E-state index is 12.7. The van der Waals surface area contributed by atoms with Crippen molar-refractivity contribution in [3.05, 3.63) is 59.5 Å². The molecular formula is C26H29N5OS. The monoisotopic (exact) mass is 459 g/mol. The summed E-state index contributed by atoms with van der Waals surface area (Å²) in [7, 11) is 4.02. The molecule has 4 aromatic rings. The Kier molecular flexibility index (Phi) is 6.13. The van der Waals surface area contributed by atoms with Crippen molar-refractivity contribution in [2.45, 2.75) is 31.7 Å². The van der Waals surface area contributed by atoms with Crippen molar-refractivity contribution in [1.82, 2.24) is 15.3 Å². The molecule has 33 heavy (non-hydrogen) atoms. The molecule has 0 atom stereocenters. The van der Waals surface area contributed by atoms with Crippen LogP contribution in [0.3, 0.4) is 0 Å². The Morgan fingerprint density at radius 3 is 2.52 bits per heavy atom. The summed E-state index contributed by atoms with van der Waals surface area (Å²) in [6.07, 6.45) is 4.26. The van der Waals surface area contributed by atoms with E-state index in [1.165, 1.54) is 0 Å². The SMILES string of the molecule is CN(C)c1nc(NC2CCC(CNC(=O)c3csc4ccccc34)CC2)nc2ccccc12. The molecule has 0 bridgehead atoms. The van der Waals surface area contributed by atoms with Crippen molar-refractivity contribution >= 4 is 50.0 Å². The minimum atomic E-state index is 0.0356. The molecular weight excluding hydrogens is 430 g/mol. The van der Waals surface area contributed by atoms with Gasteiger partial charge in [0.25, 0.3) is 5.91 Å². The molecule has 1 aliphatic rings. The number of anilines is 2. The van der Waals surface area contributed by atoms with Gasteiger partial charge in [0.05, 0.1) is 11.1 Å². The number of hydrogen-bond acceptors (Lipinski definition) is 6. The van der Waals surface area contributed by atoms with E-state index >= 15 is 0 Å². The van der Waals surface area contributed by atoms with Gasteiger partial charge in [-0.15, -0.1) is 11.3 Å². The lowest BCUT2D eigenvalue weighted by Gasteiger charge is -2.29. The molecule has 0 aliphatic heterocycles. The van der Waals surface area contributed by atoms with Crippen LogP contribution in [0.5, 0.6) is 0 Å². The van der Waals surface area contributed by atoms with Gasteiger partial charge in [-0.1, -0.05) is 30.3 Å². The number of benzene rings is 2. The number of nitrogens with zero attached hydrogens (tertiary/aromatic N) is 3. The van der Waals surface area contributed by atoms with Crippen LogP contribution < -0.4 is 15.5 Å². The summed E-state index contributed by atoms with van der Waals surface area (Å²) in [5, 5.41) is 10.8. The molecule has 1 saturated carbocycles. The van der Waals surface area contributed by atoms with Crippen molar-refractivity contribution in [1.29, 1.82) is 0 Å². The third kappa shape index (κ3) is 4.64. The number of nitrogens with one attached hydrogen (secondary N) is 2. The van der Waals surface area contributed by atoms with Crippen LogP contribution >= 0.6 is 11.3 Å². The third-order valence-corrected chi connectivity index (χ3v) is 7.43. The van der Waals surface area contributed by atoms with Crippen molar-refractivity contribution in [2.24, 2.45) is 5.92 Å². The zero-order valence-corrected chi connectivity index (χ0v) is 19.9. The largest absolute Gasteiger partial charge is 0.362 e. The van der Waals surface area contributed by atoms with Gasteiger partial charge < -0.3 is 15.5 Å². The summed E-state index contributed by atoms with van der Waals surface area (Å²) < 4.78 is 1.16. The quantitative estimate of drug-likeness (QED) is 0.409. The highest BCUT2D eigenvalue weighted by Crippen LogP contribution is 2.29. The van der Waals surface area contributed by atoms with Gasteiger partial charge >= 0.3 is 0 Å². The van der Waals surface area contributed by atoms with Gasteiger partial charge in [0.15, 0.2) is 0 Å². The van der Waals surface area contributed by atoms with Crippen molar-refractivity contribution in [2.75, 3.05) is 30.9 Å². The molecule has 0 radical (unpaired) electrons. The number of rotatable bonds is 6. The first-order valence-corrected chi connectivity index (χ1v) is 12.4. The fourth-order valence-electron chi connectivity index (χ4n) is 4.64. The Morgan fingerprint density at radius 2 is 1.73 bits per heavy atom. The van der Waals surface area contributed by atoms with Crippen LogP contribution in [-0.4, -0.2) is 42.6 Å². The van der Waals surface area contributed by atoms with Crippen LogP contribution in [0, 0.1) is 5.92 Å².